The lowest BCUT2D eigenvalue weighted by molar-refractivity contribution is 0.0664. The zero-order chi connectivity index (χ0) is 19.5. The third-order valence-corrected chi connectivity index (χ3v) is 4.95. The van der Waals surface area contributed by atoms with Crippen molar-refractivity contribution < 1.29 is 14.3 Å². The van der Waals surface area contributed by atoms with E-state index >= 15 is 0 Å². The Balaban J connectivity index is 1.79. The maximum absolute atomic E-state index is 13.3. The highest BCUT2D eigenvalue weighted by Crippen LogP contribution is 2.38. The second kappa shape index (κ2) is 7.64. The van der Waals surface area contributed by atoms with Crippen molar-refractivity contribution in [3.63, 3.8) is 0 Å². The average Bonchev–Trinajstić information content (AvgIpc) is 2.76. The van der Waals surface area contributed by atoms with Crippen LogP contribution in [0.25, 0.3) is 0 Å². The summed E-state index contributed by atoms with van der Waals surface area (Å²) in [6, 6.07) is 23.2. The summed E-state index contributed by atoms with van der Waals surface area (Å²) in [6.45, 7) is 0.487. The predicted octanol–water partition coefficient (Wildman–Crippen LogP) is 4.47. The number of rotatable bonds is 5. The molecule has 1 atom stereocenters. The number of benzene rings is 3. The fourth-order valence-corrected chi connectivity index (χ4v) is 3.53. The molecule has 0 saturated heterocycles. The van der Waals surface area contributed by atoms with Crippen molar-refractivity contribution in [2.24, 2.45) is 0 Å². The topological polar surface area (TPSA) is 50.8 Å². The van der Waals surface area contributed by atoms with Crippen LogP contribution >= 0.6 is 0 Å². The number of hydrogen-bond acceptors (Lipinski definition) is 4. The summed E-state index contributed by atoms with van der Waals surface area (Å²) < 4.78 is 10.9. The Hall–Kier alpha value is -3.47. The van der Waals surface area contributed by atoms with E-state index in [9.17, 15) is 4.79 Å². The fraction of sp³-hybridized carbons (Fsp3) is 0.174. The molecular weight excluding hydrogens is 352 g/mol. The van der Waals surface area contributed by atoms with Crippen molar-refractivity contribution in [3.05, 3.63) is 89.5 Å². The van der Waals surface area contributed by atoms with Gasteiger partial charge in [-0.05, 0) is 29.8 Å². The standard InChI is InChI=1S/C23H22N2O3/c1-27-17-12-13-19(21(14-17)28-2)22-24-20-11-7-6-10-18(20)23(26)25(22)15-16-8-4-3-5-9-16/h3-14,22,24H,15H2,1-2H3/t22-/m1/s1. The molecule has 3 aromatic rings. The summed E-state index contributed by atoms with van der Waals surface area (Å²) in [6.07, 6.45) is -0.358. The van der Waals surface area contributed by atoms with E-state index in [4.69, 9.17) is 9.47 Å². The number of hydrogen-bond donors (Lipinski definition) is 1. The first-order valence-electron chi connectivity index (χ1n) is 9.13. The zero-order valence-corrected chi connectivity index (χ0v) is 15.9. The van der Waals surface area contributed by atoms with Gasteiger partial charge >= 0.3 is 0 Å². The van der Waals surface area contributed by atoms with Crippen LogP contribution in [0.3, 0.4) is 0 Å². The second-order valence-corrected chi connectivity index (χ2v) is 6.62. The predicted molar refractivity (Wildman–Crippen MR) is 109 cm³/mol. The Morgan fingerprint density at radius 3 is 2.43 bits per heavy atom. The molecule has 1 N–H and O–H groups in total. The van der Waals surface area contributed by atoms with Crippen LogP contribution in [-0.2, 0) is 6.54 Å². The number of fused-ring (bicyclic) bond motifs is 1. The molecule has 5 heteroatoms. The highest BCUT2D eigenvalue weighted by atomic mass is 16.5. The van der Waals surface area contributed by atoms with Crippen LogP contribution in [0.2, 0.25) is 0 Å². The number of ether oxygens (including phenoxy) is 2. The number of para-hydroxylation sites is 1. The molecule has 5 nitrogen and oxygen atoms in total. The Kier molecular flexibility index (Phi) is 4.89. The number of carbonyl (C=O) groups excluding carboxylic acids is 1. The van der Waals surface area contributed by atoms with Gasteiger partial charge in [0.15, 0.2) is 0 Å². The Labute approximate surface area is 164 Å². The van der Waals surface area contributed by atoms with E-state index in [1.165, 1.54) is 0 Å². The maximum Gasteiger partial charge on any atom is 0.258 e. The van der Waals surface area contributed by atoms with Gasteiger partial charge in [-0.3, -0.25) is 4.79 Å². The third-order valence-electron chi connectivity index (χ3n) is 4.95. The van der Waals surface area contributed by atoms with E-state index in [1.54, 1.807) is 14.2 Å². The van der Waals surface area contributed by atoms with Crippen LogP contribution in [0, 0.1) is 0 Å². The van der Waals surface area contributed by atoms with Crippen LogP contribution in [0.5, 0.6) is 11.5 Å². The SMILES string of the molecule is COc1ccc([C@@H]2Nc3ccccc3C(=O)N2Cc2ccccc2)c(OC)c1. The zero-order valence-electron chi connectivity index (χ0n) is 15.9. The summed E-state index contributed by atoms with van der Waals surface area (Å²) in [5.74, 6) is 1.36. The smallest absolute Gasteiger partial charge is 0.258 e. The quantitative estimate of drug-likeness (QED) is 0.716. The molecular formula is C23H22N2O3. The average molecular weight is 374 g/mol. The van der Waals surface area contributed by atoms with E-state index < -0.39 is 0 Å². The van der Waals surface area contributed by atoms with Crippen molar-refractivity contribution in [3.8, 4) is 11.5 Å². The molecule has 142 valence electrons. The highest BCUT2D eigenvalue weighted by molar-refractivity contribution is 6.01. The van der Waals surface area contributed by atoms with E-state index in [-0.39, 0.29) is 12.1 Å². The molecule has 0 aliphatic carbocycles. The van der Waals surface area contributed by atoms with Crippen LogP contribution in [0.1, 0.15) is 27.7 Å². The van der Waals surface area contributed by atoms with Crippen LogP contribution < -0.4 is 14.8 Å². The molecule has 3 aromatic carbocycles. The van der Waals surface area contributed by atoms with Crippen LogP contribution in [0.4, 0.5) is 5.69 Å². The normalized spacial score (nSPS) is 15.6. The molecule has 1 aliphatic heterocycles. The Bertz CT molecular complexity index is 988. The summed E-state index contributed by atoms with van der Waals surface area (Å²) >= 11 is 0. The summed E-state index contributed by atoms with van der Waals surface area (Å²) in [5.41, 5.74) is 3.43. The number of nitrogens with one attached hydrogen (secondary N) is 1. The molecule has 0 spiro atoms. The second-order valence-electron chi connectivity index (χ2n) is 6.62. The van der Waals surface area contributed by atoms with Gasteiger partial charge < -0.3 is 19.7 Å². The third kappa shape index (κ3) is 3.27. The van der Waals surface area contributed by atoms with Gasteiger partial charge in [-0.15, -0.1) is 0 Å². The summed E-state index contributed by atoms with van der Waals surface area (Å²) in [4.78, 5) is 15.2. The van der Waals surface area contributed by atoms with Crippen LogP contribution in [-0.4, -0.2) is 25.0 Å². The maximum atomic E-state index is 13.3. The molecule has 0 aromatic heterocycles. The van der Waals surface area contributed by atoms with Crippen LogP contribution in [0.15, 0.2) is 72.8 Å². The molecule has 1 aliphatic rings. The first kappa shape index (κ1) is 17.9. The summed E-state index contributed by atoms with van der Waals surface area (Å²) in [7, 11) is 3.24. The lowest BCUT2D eigenvalue weighted by Gasteiger charge is -2.38. The van der Waals surface area contributed by atoms with Gasteiger partial charge in [-0.2, -0.15) is 0 Å². The van der Waals surface area contributed by atoms with E-state index in [2.05, 4.69) is 5.32 Å². The molecule has 0 unspecified atom stereocenters. The van der Waals surface area contributed by atoms with Gasteiger partial charge in [0, 0.05) is 23.9 Å². The lowest BCUT2D eigenvalue weighted by Crippen LogP contribution is -2.42. The minimum Gasteiger partial charge on any atom is -0.497 e. The molecule has 0 bridgehead atoms. The van der Waals surface area contributed by atoms with Crippen molar-refractivity contribution in [2.45, 2.75) is 12.7 Å². The minimum atomic E-state index is -0.358. The lowest BCUT2D eigenvalue weighted by atomic mass is 10.0. The van der Waals surface area contributed by atoms with E-state index in [0.29, 0.717) is 23.6 Å². The summed E-state index contributed by atoms with van der Waals surface area (Å²) in [5, 5.41) is 3.51. The molecule has 0 radical (unpaired) electrons. The van der Waals surface area contributed by atoms with Crippen molar-refractivity contribution in [2.75, 3.05) is 19.5 Å². The molecule has 28 heavy (non-hydrogen) atoms. The van der Waals surface area contributed by atoms with Gasteiger partial charge in [0.25, 0.3) is 5.91 Å². The Morgan fingerprint density at radius 2 is 1.68 bits per heavy atom. The molecule has 0 saturated carbocycles. The largest absolute Gasteiger partial charge is 0.497 e. The van der Waals surface area contributed by atoms with Gasteiger partial charge in [-0.1, -0.05) is 42.5 Å². The molecule has 4 rings (SSSR count). The van der Waals surface area contributed by atoms with Gasteiger partial charge in [0.2, 0.25) is 0 Å². The molecule has 0 fully saturated rings. The number of anilines is 1. The number of methoxy groups -OCH3 is 2. The highest BCUT2D eigenvalue weighted by Gasteiger charge is 2.34. The fourth-order valence-electron chi connectivity index (χ4n) is 3.53. The van der Waals surface area contributed by atoms with Gasteiger partial charge in [0.1, 0.15) is 17.7 Å². The minimum absolute atomic E-state index is 0.0129. The first-order valence-corrected chi connectivity index (χ1v) is 9.13. The van der Waals surface area contributed by atoms with Crippen molar-refractivity contribution in [1.82, 2.24) is 4.90 Å². The number of amides is 1. The molecule has 1 amide bonds. The number of nitrogens with zero attached hydrogens (tertiary/aromatic N) is 1. The molecule has 1 heterocycles. The van der Waals surface area contributed by atoms with E-state index in [1.807, 2.05) is 77.7 Å². The van der Waals surface area contributed by atoms with Gasteiger partial charge in [-0.25, -0.2) is 0 Å². The first-order chi connectivity index (χ1) is 13.7. The monoisotopic (exact) mass is 374 g/mol. The Morgan fingerprint density at radius 1 is 0.929 bits per heavy atom. The van der Waals surface area contributed by atoms with Crippen molar-refractivity contribution >= 4 is 11.6 Å². The van der Waals surface area contributed by atoms with E-state index in [0.717, 1.165) is 16.8 Å². The van der Waals surface area contributed by atoms with Crippen molar-refractivity contribution in [1.29, 1.82) is 0 Å². The van der Waals surface area contributed by atoms with Gasteiger partial charge in [0.05, 0.1) is 19.8 Å². The number of carbonyl (C=O) groups is 1.